The van der Waals surface area contributed by atoms with Crippen molar-refractivity contribution in [3.63, 3.8) is 0 Å². The summed E-state index contributed by atoms with van der Waals surface area (Å²) in [4.78, 5) is 17.4. The van der Waals surface area contributed by atoms with Crippen molar-refractivity contribution in [2.24, 2.45) is 0 Å². The number of hydrogen-bond acceptors (Lipinski definition) is 6. The van der Waals surface area contributed by atoms with Crippen LogP contribution in [0.4, 0.5) is 15.8 Å². The molecule has 1 fully saturated rings. The molecular formula is C18H22Cl2FN3O4Pd. The molecule has 0 bridgehead atoms. The monoisotopic (exact) mass is 539 g/mol. The first-order chi connectivity index (χ1) is 13.8. The third-order valence-electron chi connectivity index (χ3n) is 5.35. The molecule has 164 valence electrons. The predicted molar refractivity (Wildman–Crippen MR) is 106 cm³/mol. The molecule has 0 radical (unpaired) electrons. The summed E-state index contributed by atoms with van der Waals surface area (Å²) >= 11 is -0.106. The van der Waals surface area contributed by atoms with Gasteiger partial charge in [0.15, 0.2) is 11.6 Å². The molecule has 2 atom stereocenters. The van der Waals surface area contributed by atoms with Crippen molar-refractivity contribution in [3.05, 3.63) is 29.2 Å². The summed E-state index contributed by atoms with van der Waals surface area (Å²) in [6, 6.07) is 1.13. The number of anilines is 2. The molecule has 3 aliphatic rings. The number of benzene rings is 1. The van der Waals surface area contributed by atoms with Crippen LogP contribution in [-0.4, -0.2) is 67.0 Å². The second-order valence-electron chi connectivity index (χ2n) is 7.17. The van der Waals surface area contributed by atoms with Crippen LogP contribution in [0, 0.1) is 5.82 Å². The van der Waals surface area contributed by atoms with E-state index in [2.05, 4.69) is 4.90 Å². The Labute approximate surface area is 184 Å². The van der Waals surface area contributed by atoms with Crippen LogP contribution < -0.4 is 14.5 Å². The number of piperazine rings is 1. The molecule has 7 nitrogen and oxygen atoms in total. The summed E-state index contributed by atoms with van der Waals surface area (Å²) in [5, 5.41) is 19.9. The van der Waals surface area contributed by atoms with Crippen molar-refractivity contribution in [1.29, 1.82) is 0 Å². The van der Waals surface area contributed by atoms with Crippen LogP contribution in [-0.2, 0) is 20.7 Å². The molecule has 2 unspecified atom stereocenters. The van der Waals surface area contributed by atoms with Gasteiger partial charge in [0.1, 0.15) is 18.4 Å². The molecule has 1 saturated heterocycles. The average molecular weight is 541 g/mol. The van der Waals surface area contributed by atoms with Gasteiger partial charge in [0.25, 0.3) is 0 Å². The van der Waals surface area contributed by atoms with Crippen LogP contribution >= 0.6 is 19.1 Å². The number of nitrogens with zero attached hydrogens (tertiary/aromatic N) is 3. The summed E-state index contributed by atoms with van der Waals surface area (Å²) in [6.45, 7) is 5.22. The van der Waals surface area contributed by atoms with Crippen molar-refractivity contribution in [1.82, 2.24) is 4.90 Å². The molecule has 1 aromatic rings. The van der Waals surface area contributed by atoms with E-state index in [9.17, 15) is 15.0 Å². The molecule has 11 heteroatoms. The van der Waals surface area contributed by atoms with Gasteiger partial charge in [-0.1, -0.05) is 0 Å². The Kier molecular flexibility index (Phi) is 7.31. The Bertz CT molecular complexity index is 821. The van der Waals surface area contributed by atoms with Crippen LogP contribution in [0.2, 0.25) is 0 Å². The number of aliphatic carboxylic acids is 1. The molecule has 2 N–H and O–H groups in total. The Hall–Kier alpha value is -1.08. The van der Waals surface area contributed by atoms with Crippen molar-refractivity contribution in [3.8, 4) is 5.75 Å². The molecule has 0 saturated carbocycles. The number of carbonyl (C=O) groups is 1. The SMILES string of the molecule is CC1COc2c(N3CCN(C)CC3)c(F)cc3c2N1C=C(C(=O)O)C3O.[Cl][Pd][Cl]. The zero-order valence-corrected chi connectivity index (χ0v) is 18.9. The number of rotatable bonds is 2. The van der Waals surface area contributed by atoms with Crippen LogP contribution in [0.3, 0.4) is 0 Å². The topological polar surface area (TPSA) is 76.5 Å². The fourth-order valence-electron chi connectivity index (χ4n) is 3.82. The fourth-order valence-corrected chi connectivity index (χ4v) is 3.82. The van der Waals surface area contributed by atoms with Gasteiger partial charge in [0.05, 0.1) is 17.3 Å². The molecule has 29 heavy (non-hydrogen) atoms. The first kappa shape index (κ1) is 22.6. The first-order valence-corrected chi connectivity index (χ1v) is 13.0. The predicted octanol–water partition coefficient (Wildman–Crippen LogP) is 2.56. The van der Waals surface area contributed by atoms with E-state index < -0.39 is 17.9 Å². The van der Waals surface area contributed by atoms with Crippen molar-refractivity contribution >= 4 is 36.4 Å². The number of likely N-dealkylation sites (N-methyl/N-ethyl adjacent to an activating group) is 1. The zero-order chi connectivity index (χ0) is 21.3. The van der Waals surface area contributed by atoms with Crippen molar-refractivity contribution in [2.45, 2.75) is 19.1 Å². The zero-order valence-electron chi connectivity index (χ0n) is 15.8. The molecule has 0 aromatic heterocycles. The van der Waals surface area contributed by atoms with Gasteiger partial charge in [0.2, 0.25) is 0 Å². The minimum atomic E-state index is -1.39. The average Bonchev–Trinajstić information content (AvgIpc) is 2.67. The van der Waals surface area contributed by atoms with E-state index in [1.807, 2.05) is 18.9 Å². The van der Waals surface area contributed by atoms with E-state index in [4.69, 9.17) is 23.8 Å². The van der Waals surface area contributed by atoms with Gasteiger partial charge in [-0.15, -0.1) is 0 Å². The molecule has 4 rings (SSSR count). The Balaban J connectivity index is 0.000000755. The molecule has 0 spiro atoms. The second-order valence-corrected chi connectivity index (χ2v) is 9.53. The molecule has 1 aromatic carbocycles. The van der Waals surface area contributed by atoms with Gasteiger partial charge >= 0.3 is 41.0 Å². The van der Waals surface area contributed by atoms with Gasteiger partial charge in [-0.05, 0) is 20.0 Å². The van der Waals surface area contributed by atoms with Gasteiger partial charge < -0.3 is 29.6 Å². The van der Waals surface area contributed by atoms with Crippen LogP contribution in [0.5, 0.6) is 5.75 Å². The molecule has 3 aliphatic heterocycles. The van der Waals surface area contributed by atoms with Gasteiger partial charge in [0, 0.05) is 37.9 Å². The number of carboxylic acids is 1. The third-order valence-corrected chi connectivity index (χ3v) is 5.35. The van der Waals surface area contributed by atoms with E-state index >= 15 is 4.39 Å². The Morgan fingerprint density at radius 2 is 1.90 bits per heavy atom. The number of aliphatic hydroxyl groups is 1. The van der Waals surface area contributed by atoms with E-state index in [0.717, 1.165) is 13.1 Å². The summed E-state index contributed by atoms with van der Waals surface area (Å²) < 4.78 is 20.9. The second kappa shape index (κ2) is 9.38. The van der Waals surface area contributed by atoms with E-state index in [1.54, 1.807) is 4.90 Å². The molecule has 3 heterocycles. The van der Waals surface area contributed by atoms with E-state index in [1.165, 1.54) is 12.3 Å². The van der Waals surface area contributed by atoms with E-state index in [0.29, 0.717) is 36.8 Å². The summed E-state index contributed by atoms with van der Waals surface area (Å²) in [7, 11) is 11.7. The number of carboxylic acid groups (broad SMARTS) is 1. The summed E-state index contributed by atoms with van der Waals surface area (Å²) in [6.07, 6.45) is 0.0555. The Morgan fingerprint density at radius 1 is 1.28 bits per heavy atom. The standard InChI is InChI=1S/C18H22FN3O4.2ClH.Pd/c1-10-9-26-17-14-11(16(23)12(18(24)25)8-22(10)14)7-13(19)15(17)21-5-3-20(2)4-6-21;;;/h7-8,10,16,23H,3-6,9H2,1-2H3,(H,24,25);2*1H;/q;;;+2/p-2. The number of hydrogen-bond donors (Lipinski definition) is 2. The first-order valence-electron chi connectivity index (χ1n) is 8.96. The fraction of sp³-hybridized carbons (Fsp3) is 0.500. The van der Waals surface area contributed by atoms with Gasteiger partial charge in [-0.2, -0.15) is 0 Å². The molecule has 0 aliphatic carbocycles. The van der Waals surface area contributed by atoms with Crippen LogP contribution in [0.25, 0.3) is 0 Å². The molecular weight excluding hydrogens is 519 g/mol. The number of ether oxygens (including phenoxy) is 1. The van der Waals surface area contributed by atoms with Crippen molar-refractivity contribution < 1.29 is 40.1 Å². The summed E-state index contributed by atoms with van der Waals surface area (Å²) in [5.41, 5.74) is 1.04. The number of halogens is 3. The van der Waals surface area contributed by atoms with Gasteiger partial charge in [-0.25, -0.2) is 9.18 Å². The summed E-state index contributed by atoms with van der Waals surface area (Å²) in [5.74, 6) is -1.32. The maximum atomic E-state index is 15.0. The molecule has 0 amide bonds. The van der Waals surface area contributed by atoms with Crippen LogP contribution in [0.15, 0.2) is 17.8 Å². The van der Waals surface area contributed by atoms with Crippen molar-refractivity contribution in [2.75, 3.05) is 49.6 Å². The van der Waals surface area contributed by atoms with E-state index in [-0.39, 0.29) is 33.1 Å². The normalized spacial score (nSPS) is 23.6. The van der Waals surface area contributed by atoms with Gasteiger partial charge in [-0.3, -0.25) is 0 Å². The van der Waals surface area contributed by atoms with Crippen LogP contribution in [0.1, 0.15) is 18.6 Å². The quantitative estimate of drug-likeness (QED) is 0.559. The number of aliphatic hydroxyl groups excluding tert-OH is 1. The minimum absolute atomic E-state index is 0.106. The third kappa shape index (κ3) is 4.36. The maximum absolute atomic E-state index is 15.0. The Morgan fingerprint density at radius 3 is 2.48 bits per heavy atom.